The van der Waals surface area contributed by atoms with E-state index in [2.05, 4.69) is 0 Å². The molecule has 2 fully saturated rings. The minimum atomic E-state index is -1.41. The maximum absolute atomic E-state index is 10.7. The van der Waals surface area contributed by atoms with Gasteiger partial charge in [-0.05, 0) is 11.6 Å². The van der Waals surface area contributed by atoms with Gasteiger partial charge in [0.25, 0.3) is 5.79 Å². The van der Waals surface area contributed by atoms with Gasteiger partial charge in [-0.1, -0.05) is 36.4 Å². The molecular formula is C19H18O5. The van der Waals surface area contributed by atoms with E-state index in [9.17, 15) is 5.11 Å². The molecule has 2 aromatic rings. The number of fused-ring (bicyclic) bond motifs is 8. The quantitative estimate of drug-likeness (QED) is 0.939. The van der Waals surface area contributed by atoms with Crippen molar-refractivity contribution in [1.82, 2.24) is 0 Å². The van der Waals surface area contributed by atoms with Crippen molar-refractivity contribution in [2.75, 3.05) is 6.61 Å². The van der Waals surface area contributed by atoms with Crippen LogP contribution in [0.3, 0.4) is 0 Å². The van der Waals surface area contributed by atoms with Crippen LogP contribution in [-0.4, -0.2) is 29.9 Å². The van der Waals surface area contributed by atoms with Gasteiger partial charge in [-0.2, -0.15) is 0 Å². The van der Waals surface area contributed by atoms with Crippen molar-refractivity contribution >= 4 is 0 Å². The van der Waals surface area contributed by atoms with Crippen molar-refractivity contribution in [2.45, 2.75) is 37.1 Å². The molecule has 5 rings (SSSR count). The van der Waals surface area contributed by atoms with E-state index in [1.54, 1.807) is 0 Å². The first-order chi connectivity index (χ1) is 11.7. The molecular weight excluding hydrogens is 308 g/mol. The van der Waals surface area contributed by atoms with Gasteiger partial charge in [-0.3, -0.25) is 0 Å². The number of benzene rings is 2. The van der Waals surface area contributed by atoms with Crippen LogP contribution in [0.4, 0.5) is 0 Å². The lowest BCUT2D eigenvalue weighted by Crippen LogP contribution is -2.55. The summed E-state index contributed by atoms with van der Waals surface area (Å²) in [6.45, 7) is 0.984. The number of ether oxygens (including phenoxy) is 4. The van der Waals surface area contributed by atoms with Gasteiger partial charge in [0.15, 0.2) is 0 Å². The molecule has 4 bridgehead atoms. The highest BCUT2D eigenvalue weighted by Crippen LogP contribution is 2.51. The van der Waals surface area contributed by atoms with Crippen molar-refractivity contribution in [3.8, 4) is 11.5 Å². The molecule has 3 aliphatic heterocycles. The Kier molecular flexibility index (Phi) is 3.10. The molecule has 0 saturated carbocycles. The average molecular weight is 326 g/mol. The lowest BCUT2D eigenvalue weighted by Gasteiger charge is -2.44. The van der Waals surface area contributed by atoms with Crippen LogP contribution in [0.15, 0.2) is 48.5 Å². The van der Waals surface area contributed by atoms with Crippen LogP contribution >= 0.6 is 0 Å². The third-order valence-electron chi connectivity index (χ3n) is 4.96. The number of hydrogen-bond acceptors (Lipinski definition) is 5. The third kappa shape index (κ3) is 2.20. The summed E-state index contributed by atoms with van der Waals surface area (Å²) < 4.78 is 23.0. The van der Waals surface area contributed by atoms with Crippen LogP contribution < -0.4 is 9.47 Å². The van der Waals surface area contributed by atoms with Gasteiger partial charge >= 0.3 is 0 Å². The fraction of sp³-hybridized carbons (Fsp3) is 0.368. The van der Waals surface area contributed by atoms with E-state index < -0.39 is 12.1 Å². The molecule has 0 radical (unpaired) electrons. The van der Waals surface area contributed by atoms with Crippen LogP contribution in [-0.2, 0) is 16.1 Å². The molecule has 2 saturated heterocycles. The summed E-state index contributed by atoms with van der Waals surface area (Å²) in [5, 5.41) is 10.7. The van der Waals surface area contributed by atoms with E-state index in [1.807, 2.05) is 48.5 Å². The lowest BCUT2D eigenvalue weighted by atomic mass is 9.83. The SMILES string of the molecule is O[C@]12C[C@H](c3ccc(OCc4ccccc4)cc3O1)[C@H]1CO[C@@H]2O1. The maximum Gasteiger partial charge on any atom is 0.260 e. The third-order valence-corrected chi connectivity index (χ3v) is 4.96. The molecule has 0 spiro atoms. The Balaban J connectivity index is 1.41. The second kappa shape index (κ2) is 5.21. The summed E-state index contributed by atoms with van der Waals surface area (Å²) in [5.41, 5.74) is 2.15. The van der Waals surface area contributed by atoms with Crippen LogP contribution in [0.5, 0.6) is 11.5 Å². The number of rotatable bonds is 3. The smallest absolute Gasteiger partial charge is 0.260 e. The maximum atomic E-state index is 10.7. The van der Waals surface area contributed by atoms with Crippen molar-refractivity contribution in [3.63, 3.8) is 0 Å². The molecule has 3 aliphatic rings. The molecule has 1 N–H and O–H groups in total. The second-order valence-corrected chi connectivity index (χ2v) is 6.57. The van der Waals surface area contributed by atoms with Gasteiger partial charge in [-0.15, -0.1) is 0 Å². The summed E-state index contributed by atoms with van der Waals surface area (Å²) in [6.07, 6.45) is -0.227. The van der Waals surface area contributed by atoms with Crippen LogP contribution in [0.2, 0.25) is 0 Å². The zero-order valence-corrected chi connectivity index (χ0v) is 13.1. The first-order valence-corrected chi connectivity index (χ1v) is 8.20. The Bertz CT molecular complexity index is 762. The highest BCUT2D eigenvalue weighted by atomic mass is 16.8. The van der Waals surface area contributed by atoms with E-state index in [1.165, 1.54) is 0 Å². The second-order valence-electron chi connectivity index (χ2n) is 6.57. The van der Waals surface area contributed by atoms with E-state index >= 15 is 0 Å². The van der Waals surface area contributed by atoms with Gasteiger partial charge in [-0.25, -0.2) is 0 Å². The van der Waals surface area contributed by atoms with Gasteiger partial charge in [0.05, 0.1) is 12.7 Å². The zero-order valence-electron chi connectivity index (χ0n) is 13.1. The van der Waals surface area contributed by atoms with Gasteiger partial charge in [0.1, 0.15) is 18.1 Å². The van der Waals surface area contributed by atoms with Crippen molar-refractivity contribution in [2.24, 2.45) is 0 Å². The van der Waals surface area contributed by atoms with E-state index in [0.717, 1.165) is 16.9 Å². The Morgan fingerprint density at radius 3 is 2.92 bits per heavy atom. The highest BCUT2D eigenvalue weighted by Gasteiger charge is 2.58. The molecule has 4 atom stereocenters. The van der Waals surface area contributed by atoms with Crippen LogP contribution in [0, 0.1) is 0 Å². The number of aliphatic hydroxyl groups is 1. The topological polar surface area (TPSA) is 57.2 Å². The standard InChI is InChI=1S/C19H18O5/c20-19-9-15(17-11-22-18(19)23-17)14-7-6-13(8-16(14)24-19)21-10-12-4-2-1-3-5-12/h1-8,15,17-18,20H,9-11H2/t15-,17-,18-,19-/m1/s1. The summed E-state index contributed by atoms with van der Waals surface area (Å²) in [6, 6.07) is 15.8. The minimum absolute atomic E-state index is 0.0194. The molecule has 0 aliphatic carbocycles. The summed E-state index contributed by atoms with van der Waals surface area (Å²) in [5.74, 6) is 0.0436. The Morgan fingerprint density at radius 2 is 2.04 bits per heavy atom. The van der Waals surface area contributed by atoms with Gasteiger partial charge < -0.3 is 24.1 Å². The average Bonchev–Trinajstić information content (AvgIpc) is 3.07. The minimum Gasteiger partial charge on any atom is -0.489 e. The number of hydrogen-bond donors (Lipinski definition) is 1. The first kappa shape index (κ1) is 14.3. The molecule has 2 aromatic carbocycles. The van der Waals surface area contributed by atoms with Gasteiger partial charge in [0, 0.05) is 24.0 Å². The van der Waals surface area contributed by atoms with Crippen LogP contribution in [0.1, 0.15) is 23.5 Å². The van der Waals surface area contributed by atoms with Crippen LogP contribution in [0.25, 0.3) is 0 Å². The molecule has 3 heterocycles. The molecule has 0 aromatic heterocycles. The molecule has 124 valence electrons. The molecule has 5 nitrogen and oxygen atoms in total. The van der Waals surface area contributed by atoms with Crippen molar-refractivity contribution < 1.29 is 24.1 Å². The predicted molar refractivity (Wildman–Crippen MR) is 84.8 cm³/mol. The zero-order chi connectivity index (χ0) is 16.1. The van der Waals surface area contributed by atoms with Crippen molar-refractivity contribution in [1.29, 1.82) is 0 Å². The normalized spacial score (nSPS) is 32.8. The Labute approximate surface area is 139 Å². The fourth-order valence-electron chi connectivity index (χ4n) is 3.74. The Hall–Kier alpha value is -2.08. The van der Waals surface area contributed by atoms with E-state index in [-0.39, 0.29) is 12.0 Å². The highest BCUT2D eigenvalue weighted by molar-refractivity contribution is 5.46. The Morgan fingerprint density at radius 1 is 1.17 bits per heavy atom. The van der Waals surface area contributed by atoms with Gasteiger partial charge in [0.2, 0.25) is 6.29 Å². The van der Waals surface area contributed by atoms with E-state index in [4.69, 9.17) is 18.9 Å². The molecule has 0 amide bonds. The van der Waals surface area contributed by atoms with E-state index in [0.29, 0.717) is 25.4 Å². The lowest BCUT2D eigenvalue weighted by molar-refractivity contribution is -0.304. The monoisotopic (exact) mass is 326 g/mol. The first-order valence-electron chi connectivity index (χ1n) is 8.20. The molecule has 24 heavy (non-hydrogen) atoms. The summed E-state index contributed by atoms with van der Waals surface area (Å²) in [4.78, 5) is 0. The molecule has 0 unspecified atom stereocenters. The molecule has 5 heteroatoms. The predicted octanol–water partition coefficient (Wildman–Crippen LogP) is 2.58. The largest absolute Gasteiger partial charge is 0.489 e. The summed E-state index contributed by atoms with van der Waals surface area (Å²) >= 11 is 0. The fourth-order valence-corrected chi connectivity index (χ4v) is 3.74. The summed E-state index contributed by atoms with van der Waals surface area (Å²) in [7, 11) is 0. The van der Waals surface area contributed by atoms with Crippen molar-refractivity contribution in [3.05, 3.63) is 59.7 Å².